The van der Waals surface area contributed by atoms with Crippen LogP contribution in [0.15, 0.2) is 0 Å². The Morgan fingerprint density at radius 1 is 1.57 bits per heavy atom. The number of alkyl halides is 3. The molecular formula is C5H5F3N4O2. The molecule has 0 spiro atoms. The molecule has 0 aliphatic heterocycles. The number of hydrogen-bond donors (Lipinski definition) is 0. The van der Waals surface area contributed by atoms with Gasteiger partial charge in [0.15, 0.2) is 0 Å². The molecule has 0 unspecified atom stereocenters. The van der Waals surface area contributed by atoms with Crippen molar-refractivity contribution in [1.29, 1.82) is 0 Å². The zero-order valence-corrected chi connectivity index (χ0v) is 6.95. The van der Waals surface area contributed by atoms with Gasteiger partial charge in [-0.05, 0) is 10.4 Å². The summed E-state index contributed by atoms with van der Waals surface area (Å²) in [6.45, 7) is -0.668. The Morgan fingerprint density at radius 3 is 2.71 bits per heavy atom. The van der Waals surface area contributed by atoms with Gasteiger partial charge in [-0.3, -0.25) is 4.79 Å². The molecule has 0 aromatic carbocycles. The van der Waals surface area contributed by atoms with E-state index in [1.807, 2.05) is 0 Å². The minimum absolute atomic E-state index is 0.325. The summed E-state index contributed by atoms with van der Waals surface area (Å²) in [5.74, 6) is -2.19. The first-order valence-corrected chi connectivity index (χ1v) is 3.35. The Hall–Kier alpha value is -1.67. The predicted molar refractivity (Wildman–Crippen MR) is 34.8 cm³/mol. The van der Waals surface area contributed by atoms with Crippen LogP contribution in [0, 0.1) is 0 Å². The van der Waals surface area contributed by atoms with E-state index in [1.54, 1.807) is 0 Å². The smallest absolute Gasteiger partial charge is 0.453 e. The second-order valence-electron chi connectivity index (χ2n) is 2.23. The van der Waals surface area contributed by atoms with Crippen molar-refractivity contribution < 1.29 is 22.7 Å². The Morgan fingerprint density at radius 2 is 2.21 bits per heavy atom. The van der Waals surface area contributed by atoms with E-state index in [0.717, 1.165) is 7.11 Å². The highest BCUT2D eigenvalue weighted by atomic mass is 19.4. The van der Waals surface area contributed by atoms with Crippen molar-refractivity contribution in [1.82, 2.24) is 20.2 Å². The third kappa shape index (κ3) is 2.18. The van der Waals surface area contributed by atoms with Gasteiger partial charge >= 0.3 is 12.1 Å². The summed E-state index contributed by atoms with van der Waals surface area (Å²) in [4.78, 5) is 10.7. The number of hydrogen-bond acceptors (Lipinski definition) is 5. The van der Waals surface area contributed by atoms with Gasteiger partial charge in [0.2, 0.25) is 0 Å². The molecular weight excluding hydrogens is 205 g/mol. The molecule has 14 heavy (non-hydrogen) atoms. The van der Waals surface area contributed by atoms with E-state index < -0.39 is 24.5 Å². The molecule has 0 aliphatic rings. The highest BCUT2D eigenvalue weighted by Crippen LogP contribution is 2.26. The van der Waals surface area contributed by atoms with Gasteiger partial charge in [0.25, 0.3) is 5.82 Å². The molecule has 1 rings (SSSR count). The standard InChI is InChI=1S/C5H5F3N4O2/c1-14-3(13)2-12-4(5(6,7)8)9-10-11-12/h2H2,1H3. The normalized spacial score (nSPS) is 11.4. The van der Waals surface area contributed by atoms with E-state index in [0.29, 0.717) is 4.68 Å². The van der Waals surface area contributed by atoms with E-state index in [9.17, 15) is 18.0 Å². The topological polar surface area (TPSA) is 69.9 Å². The van der Waals surface area contributed by atoms with Crippen molar-refractivity contribution in [3.05, 3.63) is 5.82 Å². The third-order valence-electron chi connectivity index (χ3n) is 1.29. The number of esters is 1. The molecule has 0 atom stereocenters. The number of nitrogens with zero attached hydrogens (tertiary/aromatic N) is 4. The number of rotatable bonds is 2. The summed E-state index contributed by atoms with van der Waals surface area (Å²) in [5.41, 5.74) is 0. The molecule has 0 saturated heterocycles. The average molecular weight is 210 g/mol. The minimum atomic E-state index is -4.68. The second-order valence-corrected chi connectivity index (χ2v) is 2.23. The fourth-order valence-electron chi connectivity index (χ4n) is 0.701. The molecule has 1 heterocycles. The molecule has 0 amide bonds. The molecule has 0 bridgehead atoms. The van der Waals surface area contributed by atoms with E-state index in [1.165, 1.54) is 0 Å². The Balaban J connectivity index is 2.88. The number of halogens is 3. The molecule has 0 aliphatic carbocycles. The van der Waals surface area contributed by atoms with Crippen LogP contribution < -0.4 is 0 Å². The average Bonchev–Trinajstić information content (AvgIpc) is 2.51. The first-order valence-electron chi connectivity index (χ1n) is 3.35. The van der Waals surface area contributed by atoms with E-state index >= 15 is 0 Å². The van der Waals surface area contributed by atoms with Gasteiger partial charge in [0, 0.05) is 0 Å². The molecule has 1 aromatic rings. The summed E-state index contributed by atoms with van der Waals surface area (Å²) in [6, 6.07) is 0. The summed E-state index contributed by atoms with van der Waals surface area (Å²) < 4.78 is 40.9. The predicted octanol–water partition coefficient (Wildman–Crippen LogP) is -0.135. The van der Waals surface area contributed by atoms with Crippen molar-refractivity contribution in [3.63, 3.8) is 0 Å². The lowest BCUT2D eigenvalue weighted by molar-refractivity contribution is -0.151. The molecule has 0 fully saturated rings. The quantitative estimate of drug-likeness (QED) is 0.635. The Kier molecular flexibility index (Phi) is 2.68. The summed E-state index contributed by atoms with van der Waals surface area (Å²) >= 11 is 0. The van der Waals surface area contributed by atoms with Crippen LogP contribution in [0.2, 0.25) is 0 Å². The molecule has 0 saturated carbocycles. The number of methoxy groups -OCH3 is 1. The van der Waals surface area contributed by atoms with E-state index in [4.69, 9.17) is 0 Å². The fraction of sp³-hybridized carbons (Fsp3) is 0.600. The zero-order chi connectivity index (χ0) is 10.8. The van der Waals surface area contributed by atoms with Gasteiger partial charge in [-0.1, -0.05) is 0 Å². The van der Waals surface area contributed by atoms with Crippen molar-refractivity contribution >= 4 is 5.97 Å². The summed E-state index contributed by atoms with van der Waals surface area (Å²) in [7, 11) is 1.06. The molecule has 1 aromatic heterocycles. The van der Waals surface area contributed by atoms with Gasteiger partial charge in [-0.25, -0.2) is 4.68 Å². The van der Waals surface area contributed by atoms with E-state index in [-0.39, 0.29) is 0 Å². The minimum Gasteiger partial charge on any atom is -0.468 e. The molecule has 9 heteroatoms. The largest absolute Gasteiger partial charge is 0.468 e. The van der Waals surface area contributed by atoms with Crippen molar-refractivity contribution in [2.75, 3.05) is 7.11 Å². The van der Waals surface area contributed by atoms with Gasteiger partial charge in [-0.15, -0.1) is 5.10 Å². The van der Waals surface area contributed by atoms with Crippen LogP contribution in [0.1, 0.15) is 5.82 Å². The zero-order valence-electron chi connectivity index (χ0n) is 6.95. The van der Waals surface area contributed by atoms with Crippen LogP contribution >= 0.6 is 0 Å². The van der Waals surface area contributed by atoms with Crippen LogP contribution in [0.25, 0.3) is 0 Å². The molecule has 0 radical (unpaired) electrons. The van der Waals surface area contributed by atoms with Crippen molar-refractivity contribution in [2.45, 2.75) is 12.7 Å². The number of carbonyl (C=O) groups excluding carboxylic acids is 1. The highest BCUT2D eigenvalue weighted by Gasteiger charge is 2.38. The fourth-order valence-corrected chi connectivity index (χ4v) is 0.701. The maximum absolute atomic E-state index is 12.1. The lowest BCUT2D eigenvalue weighted by atomic mass is 10.5. The first kappa shape index (κ1) is 10.4. The van der Waals surface area contributed by atoms with Crippen LogP contribution in [0.3, 0.4) is 0 Å². The van der Waals surface area contributed by atoms with Crippen LogP contribution in [0.5, 0.6) is 0 Å². The summed E-state index contributed by atoms with van der Waals surface area (Å²) in [5, 5.41) is 8.56. The number of aromatic nitrogens is 4. The monoisotopic (exact) mass is 210 g/mol. The lowest BCUT2D eigenvalue weighted by Crippen LogP contribution is -2.20. The van der Waals surface area contributed by atoms with Gasteiger partial charge in [0.1, 0.15) is 6.54 Å². The second kappa shape index (κ2) is 3.60. The first-order chi connectivity index (χ1) is 6.45. The molecule has 6 nitrogen and oxygen atoms in total. The highest BCUT2D eigenvalue weighted by molar-refractivity contribution is 5.68. The van der Waals surface area contributed by atoms with Crippen LogP contribution in [0.4, 0.5) is 13.2 Å². The Labute approximate surface area is 75.6 Å². The van der Waals surface area contributed by atoms with Crippen LogP contribution in [-0.4, -0.2) is 33.3 Å². The molecule has 0 N–H and O–H groups in total. The van der Waals surface area contributed by atoms with Crippen molar-refractivity contribution in [3.8, 4) is 0 Å². The third-order valence-corrected chi connectivity index (χ3v) is 1.29. The van der Waals surface area contributed by atoms with Gasteiger partial charge < -0.3 is 4.74 Å². The maximum Gasteiger partial charge on any atom is 0.453 e. The van der Waals surface area contributed by atoms with Crippen molar-refractivity contribution in [2.24, 2.45) is 0 Å². The number of tetrazole rings is 1. The van der Waals surface area contributed by atoms with Crippen LogP contribution in [-0.2, 0) is 22.3 Å². The molecule has 78 valence electrons. The maximum atomic E-state index is 12.1. The summed E-state index contributed by atoms with van der Waals surface area (Å²) in [6.07, 6.45) is -4.68. The van der Waals surface area contributed by atoms with E-state index in [2.05, 4.69) is 20.3 Å². The SMILES string of the molecule is COC(=O)Cn1nnnc1C(F)(F)F. The number of ether oxygens (including phenoxy) is 1. The van der Waals surface area contributed by atoms with Gasteiger partial charge in [0.05, 0.1) is 7.11 Å². The van der Waals surface area contributed by atoms with Gasteiger partial charge in [-0.2, -0.15) is 13.2 Å². The number of carbonyl (C=O) groups is 1. The lowest BCUT2D eigenvalue weighted by Gasteiger charge is -2.05. The Bertz CT molecular complexity index is 334.